The Morgan fingerprint density at radius 3 is 2.00 bits per heavy atom. The summed E-state index contributed by atoms with van der Waals surface area (Å²) in [6, 6.07) is 0.867. The van der Waals surface area contributed by atoms with E-state index in [1.165, 1.54) is 38.6 Å². The quantitative estimate of drug-likeness (QED) is 0.683. The van der Waals surface area contributed by atoms with E-state index in [2.05, 4.69) is 39.6 Å². The summed E-state index contributed by atoms with van der Waals surface area (Å²) in [5, 5.41) is 0. The van der Waals surface area contributed by atoms with Crippen molar-refractivity contribution in [2.75, 3.05) is 13.6 Å². The van der Waals surface area contributed by atoms with E-state index in [9.17, 15) is 0 Å². The summed E-state index contributed by atoms with van der Waals surface area (Å²) in [5.41, 5.74) is 0.522. The van der Waals surface area contributed by atoms with Gasteiger partial charge in [0, 0.05) is 6.04 Å². The van der Waals surface area contributed by atoms with Gasteiger partial charge in [-0.2, -0.15) is 0 Å². The van der Waals surface area contributed by atoms with Crippen LogP contribution in [0.5, 0.6) is 0 Å². The van der Waals surface area contributed by atoms with E-state index in [1.54, 1.807) is 0 Å². The van der Waals surface area contributed by atoms with Gasteiger partial charge >= 0.3 is 0 Å². The molecule has 15 heavy (non-hydrogen) atoms. The second-order valence-corrected chi connectivity index (χ2v) is 6.51. The van der Waals surface area contributed by atoms with Gasteiger partial charge in [0.05, 0.1) is 0 Å². The van der Waals surface area contributed by atoms with Crippen molar-refractivity contribution in [2.45, 2.75) is 65.8 Å². The fourth-order valence-corrected chi connectivity index (χ4v) is 2.91. The maximum atomic E-state index is 2.52. The first-order chi connectivity index (χ1) is 6.92. The van der Waals surface area contributed by atoms with E-state index in [-0.39, 0.29) is 0 Å². The molecule has 1 aliphatic rings. The molecule has 0 unspecified atom stereocenters. The number of nitrogens with zero attached hydrogens (tertiary/aromatic N) is 1. The average molecular weight is 211 g/mol. The van der Waals surface area contributed by atoms with Crippen molar-refractivity contribution in [2.24, 2.45) is 11.3 Å². The molecule has 0 aromatic rings. The highest BCUT2D eigenvalue weighted by atomic mass is 15.1. The minimum atomic E-state index is 0.522. The summed E-state index contributed by atoms with van der Waals surface area (Å²) in [5.74, 6) is 0.992. The normalized spacial score (nSPS) is 28.4. The largest absolute Gasteiger partial charge is 0.304 e. The highest BCUT2D eigenvalue weighted by Gasteiger charge is 2.26. The molecule has 0 bridgehead atoms. The first kappa shape index (κ1) is 13.0. The second-order valence-electron chi connectivity index (χ2n) is 6.51. The number of hydrogen-bond acceptors (Lipinski definition) is 1. The van der Waals surface area contributed by atoms with Crippen molar-refractivity contribution in [1.82, 2.24) is 4.90 Å². The number of rotatable bonds is 3. The van der Waals surface area contributed by atoms with Crippen LogP contribution in [0.15, 0.2) is 0 Å². The van der Waals surface area contributed by atoms with Crippen LogP contribution in [0.3, 0.4) is 0 Å². The van der Waals surface area contributed by atoms with Gasteiger partial charge in [0.1, 0.15) is 0 Å². The minimum Gasteiger partial charge on any atom is -0.304 e. The Hall–Kier alpha value is -0.0400. The lowest BCUT2D eigenvalue weighted by atomic mass is 9.76. The summed E-state index contributed by atoms with van der Waals surface area (Å²) in [7, 11) is 2.27. The summed E-state index contributed by atoms with van der Waals surface area (Å²) in [6.07, 6.45) is 7.16. The molecule has 0 spiro atoms. The lowest BCUT2D eigenvalue weighted by molar-refractivity contribution is 0.148. The third kappa shape index (κ3) is 4.55. The Labute approximate surface area is 96.2 Å². The van der Waals surface area contributed by atoms with Gasteiger partial charge in [0.2, 0.25) is 0 Å². The average Bonchev–Trinajstić information content (AvgIpc) is 2.15. The molecule has 0 aromatic carbocycles. The predicted octanol–water partition coefficient (Wildman–Crippen LogP) is 3.93. The van der Waals surface area contributed by atoms with Crippen LogP contribution in [0.1, 0.15) is 59.8 Å². The van der Waals surface area contributed by atoms with Crippen molar-refractivity contribution in [3.05, 3.63) is 0 Å². The topological polar surface area (TPSA) is 3.24 Å². The molecule has 1 aliphatic carbocycles. The number of hydrogen-bond donors (Lipinski definition) is 0. The van der Waals surface area contributed by atoms with Gasteiger partial charge in [-0.15, -0.1) is 0 Å². The summed E-state index contributed by atoms with van der Waals surface area (Å²) in [4.78, 5) is 2.52. The van der Waals surface area contributed by atoms with E-state index in [4.69, 9.17) is 0 Å². The fraction of sp³-hybridized carbons (Fsp3) is 1.00. The predicted molar refractivity (Wildman–Crippen MR) is 68.1 cm³/mol. The van der Waals surface area contributed by atoms with Crippen molar-refractivity contribution in [1.29, 1.82) is 0 Å². The van der Waals surface area contributed by atoms with Gasteiger partial charge in [0.15, 0.2) is 0 Å². The molecule has 0 saturated heterocycles. The van der Waals surface area contributed by atoms with Crippen molar-refractivity contribution in [3.8, 4) is 0 Å². The SMILES string of the molecule is CCN(C)C1CCC(CC(C)(C)C)CC1. The Morgan fingerprint density at radius 1 is 1.07 bits per heavy atom. The summed E-state index contributed by atoms with van der Waals surface area (Å²) >= 11 is 0. The Bertz CT molecular complexity index is 172. The Morgan fingerprint density at radius 2 is 1.60 bits per heavy atom. The van der Waals surface area contributed by atoms with E-state index in [1.807, 2.05) is 0 Å². The van der Waals surface area contributed by atoms with Gasteiger partial charge in [-0.25, -0.2) is 0 Å². The Balaban J connectivity index is 2.30. The smallest absolute Gasteiger partial charge is 0.00923 e. The highest BCUT2D eigenvalue weighted by molar-refractivity contribution is 4.80. The van der Waals surface area contributed by atoms with Gasteiger partial charge in [-0.3, -0.25) is 0 Å². The Kier molecular flexibility index (Phi) is 4.64. The molecule has 0 heterocycles. The molecule has 0 N–H and O–H groups in total. The molecule has 1 fully saturated rings. The molecule has 1 saturated carbocycles. The zero-order valence-electron chi connectivity index (χ0n) is 11.3. The van der Waals surface area contributed by atoms with Crippen LogP contribution in [-0.4, -0.2) is 24.5 Å². The van der Waals surface area contributed by atoms with E-state index in [0.717, 1.165) is 12.0 Å². The zero-order valence-corrected chi connectivity index (χ0v) is 11.3. The molecule has 0 aromatic heterocycles. The molecule has 0 radical (unpaired) electrons. The molecule has 1 heteroatoms. The maximum Gasteiger partial charge on any atom is 0.00923 e. The standard InChI is InChI=1S/C14H29N/c1-6-15(5)13-9-7-12(8-10-13)11-14(2,3)4/h12-13H,6-11H2,1-5H3. The lowest BCUT2D eigenvalue weighted by Crippen LogP contribution is -2.35. The van der Waals surface area contributed by atoms with E-state index < -0.39 is 0 Å². The van der Waals surface area contributed by atoms with Crippen molar-refractivity contribution in [3.63, 3.8) is 0 Å². The second kappa shape index (κ2) is 5.34. The lowest BCUT2D eigenvalue weighted by Gasteiger charge is -2.36. The third-order valence-electron chi connectivity index (χ3n) is 3.84. The van der Waals surface area contributed by atoms with Crippen LogP contribution in [0.4, 0.5) is 0 Å². The van der Waals surface area contributed by atoms with E-state index in [0.29, 0.717) is 5.41 Å². The first-order valence-electron chi connectivity index (χ1n) is 6.62. The van der Waals surface area contributed by atoms with Crippen LogP contribution in [0, 0.1) is 11.3 Å². The first-order valence-corrected chi connectivity index (χ1v) is 6.62. The highest BCUT2D eigenvalue weighted by Crippen LogP contribution is 2.35. The van der Waals surface area contributed by atoms with Crippen LogP contribution in [0.2, 0.25) is 0 Å². The van der Waals surface area contributed by atoms with Gasteiger partial charge in [0.25, 0.3) is 0 Å². The van der Waals surface area contributed by atoms with Gasteiger partial charge in [-0.1, -0.05) is 27.7 Å². The summed E-state index contributed by atoms with van der Waals surface area (Å²) < 4.78 is 0. The molecule has 1 rings (SSSR count). The van der Waals surface area contributed by atoms with Crippen LogP contribution >= 0.6 is 0 Å². The van der Waals surface area contributed by atoms with E-state index >= 15 is 0 Å². The summed E-state index contributed by atoms with van der Waals surface area (Å²) in [6.45, 7) is 10.6. The minimum absolute atomic E-state index is 0.522. The monoisotopic (exact) mass is 211 g/mol. The van der Waals surface area contributed by atoms with Crippen LogP contribution in [0.25, 0.3) is 0 Å². The molecule has 0 amide bonds. The van der Waals surface area contributed by atoms with Crippen LogP contribution in [-0.2, 0) is 0 Å². The molecule has 0 atom stereocenters. The van der Waals surface area contributed by atoms with Gasteiger partial charge < -0.3 is 4.90 Å². The molecule has 0 aliphatic heterocycles. The maximum absolute atomic E-state index is 2.52. The molecule has 1 nitrogen and oxygen atoms in total. The van der Waals surface area contributed by atoms with Gasteiger partial charge in [-0.05, 0) is 57.0 Å². The third-order valence-corrected chi connectivity index (χ3v) is 3.84. The van der Waals surface area contributed by atoms with Crippen molar-refractivity contribution >= 4 is 0 Å². The molecule has 90 valence electrons. The molecular formula is C14H29N. The van der Waals surface area contributed by atoms with Crippen molar-refractivity contribution < 1.29 is 0 Å². The fourth-order valence-electron chi connectivity index (χ4n) is 2.91. The van der Waals surface area contributed by atoms with Crippen LogP contribution < -0.4 is 0 Å². The zero-order chi connectivity index (χ0) is 11.5. The molecular weight excluding hydrogens is 182 g/mol.